The zero-order chi connectivity index (χ0) is 15.8. The highest BCUT2D eigenvalue weighted by molar-refractivity contribution is 6.31. The Morgan fingerprint density at radius 1 is 1.18 bits per heavy atom. The second kappa shape index (κ2) is 8.26. The molecule has 116 valence electrons. The summed E-state index contributed by atoms with van der Waals surface area (Å²) in [6, 6.07) is 14.7. The molecule has 0 aliphatic rings. The van der Waals surface area contributed by atoms with Crippen molar-refractivity contribution in [2.45, 2.75) is 6.42 Å². The van der Waals surface area contributed by atoms with Crippen molar-refractivity contribution in [3.8, 4) is 5.75 Å². The maximum atomic E-state index is 11.7. The number of carbonyl (C=O) groups excluding carboxylic acids is 1. The van der Waals surface area contributed by atoms with Crippen molar-refractivity contribution >= 4 is 23.2 Å². The van der Waals surface area contributed by atoms with Gasteiger partial charge in [-0.15, -0.1) is 0 Å². The molecule has 0 aliphatic carbocycles. The molecule has 0 unspecified atom stereocenters. The van der Waals surface area contributed by atoms with Crippen LogP contribution in [-0.2, 0) is 0 Å². The molecule has 0 aliphatic heterocycles. The molecule has 1 amide bonds. The number of carbonyl (C=O) groups is 1. The van der Waals surface area contributed by atoms with Crippen LogP contribution < -0.4 is 21.3 Å². The molecule has 2 aromatic rings. The number of amides is 1. The Kier molecular flexibility index (Phi) is 6.06. The first kappa shape index (κ1) is 16.1. The molecule has 0 bridgehead atoms. The van der Waals surface area contributed by atoms with E-state index in [1.54, 1.807) is 18.2 Å². The molecule has 2 aromatic carbocycles. The van der Waals surface area contributed by atoms with Gasteiger partial charge < -0.3 is 10.1 Å². The monoisotopic (exact) mass is 319 g/mol. The van der Waals surface area contributed by atoms with E-state index in [9.17, 15) is 4.79 Å². The van der Waals surface area contributed by atoms with E-state index in [-0.39, 0.29) is 5.91 Å². The molecule has 0 aromatic heterocycles. The summed E-state index contributed by atoms with van der Waals surface area (Å²) in [5.74, 6) is 5.63. The van der Waals surface area contributed by atoms with Gasteiger partial charge in [-0.2, -0.15) is 0 Å². The van der Waals surface area contributed by atoms with E-state index in [1.807, 2.05) is 30.3 Å². The standard InChI is InChI=1S/C16H18ClN3O2/c17-12-7-8-15(14(11-12)16(21)20-18)19-9-4-10-22-13-5-2-1-3-6-13/h1-3,5-8,11,19H,4,9-10,18H2,(H,20,21). The van der Waals surface area contributed by atoms with Crippen LogP contribution in [0, 0.1) is 0 Å². The van der Waals surface area contributed by atoms with Gasteiger partial charge in [0.15, 0.2) is 0 Å². The first-order valence-corrected chi connectivity index (χ1v) is 7.30. The fourth-order valence-corrected chi connectivity index (χ4v) is 2.11. The highest BCUT2D eigenvalue weighted by atomic mass is 35.5. The van der Waals surface area contributed by atoms with Gasteiger partial charge in [0.2, 0.25) is 0 Å². The predicted molar refractivity (Wildman–Crippen MR) is 88.1 cm³/mol. The Balaban J connectivity index is 1.83. The fourth-order valence-electron chi connectivity index (χ4n) is 1.94. The average molecular weight is 320 g/mol. The molecule has 0 spiro atoms. The number of benzene rings is 2. The summed E-state index contributed by atoms with van der Waals surface area (Å²) in [4.78, 5) is 11.7. The van der Waals surface area contributed by atoms with Crippen molar-refractivity contribution < 1.29 is 9.53 Å². The van der Waals surface area contributed by atoms with Gasteiger partial charge in [0.25, 0.3) is 5.91 Å². The zero-order valence-corrected chi connectivity index (χ0v) is 12.8. The van der Waals surface area contributed by atoms with Gasteiger partial charge in [-0.1, -0.05) is 29.8 Å². The van der Waals surface area contributed by atoms with Crippen molar-refractivity contribution in [1.29, 1.82) is 0 Å². The largest absolute Gasteiger partial charge is 0.494 e. The average Bonchev–Trinajstić information content (AvgIpc) is 2.56. The number of para-hydroxylation sites is 1. The van der Waals surface area contributed by atoms with Gasteiger partial charge in [-0.05, 0) is 36.8 Å². The summed E-state index contributed by atoms with van der Waals surface area (Å²) in [6.07, 6.45) is 0.793. The maximum absolute atomic E-state index is 11.7. The van der Waals surface area contributed by atoms with Crippen LogP contribution in [0.2, 0.25) is 5.02 Å². The molecule has 6 heteroatoms. The summed E-state index contributed by atoms with van der Waals surface area (Å²) in [5.41, 5.74) is 3.21. The van der Waals surface area contributed by atoms with Gasteiger partial charge in [0.05, 0.1) is 12.2 Å². The number of ether oxygens (including phenoxy) is 1. The molecule has 22 heavy (non-hydrogen) atoms. The third-order valence-corrected chi connectivity index (χ3v) is 3.24. The maximum Gasteiger partial charge on any atom is 0.267 e. The molecule has 0 radical (unpaired) electrons. The van der Waals surface area contributed by atoms with Crippen molar-refractivity contribution in [3.05, 3.63) is 59.1 Å². The molecular formula is C16H18ClN3O2. The summed E-state index contributed by atoms with van der Waals surface area (Å²) < 4.78 is 5.60. The zero-order valence-electron chi connectivity index (χ0n) is 12.0. The van der Waals surface area contributed by atoms with Crippen LogP contribution in [0.5, 0.6) is 5.75 Å². The molecule has 0 fully saturated rings. The van der Waals surface area contributed by atoms with Crippen LogP contribution >= 0.6 is 11.6 Å². The van der Waals surface area contributed by atoms with E-state index in [4.69, 9.17) is 22.2 Å². The van der Waals surface area contributed by atoms with E-state index in [2.05, 4.69) is 10.7 Å². The lowest BCUT2D eigenvalue weighted by Gasteiger charge is -2.12. The van der Waals surface area contributed by atoms with E-state index in [1.165, 1.54) is 0 Å². The topological polar surface area (TPSA) is 76.4 Å². The molecule has 0 atom stereocenters. The number of rotatable bonds is 7. The minimum atomic E-state index is -0.384. The SMILES string of the molecule is NNC(=O)c1cc(Cl)ccc1NCCCOc1ccccc1. The quantitative estimate of drug-likeness (QED) is 0.317. The second-order valence-corrected chi connectivity index (χ2v) is 5.04. The minimum Gasteiger partial charge on any atom is -0.494 e. The highest BCUT2D eigenvalue weighted by Crippen LogP contribution is 2.20. The van der Waals surface area contributed by atoms with E-state index in [0.29, 0.717) is 29.4 Å². The third kappa shape index (κ3) is 4.65. The molecular weight excluding hydrogens is 302 g/mol. The smallest absolute Gasteiger partial charge is 0.267 e. The lowest BCUT2D eigenvalue weighted by molar-refractivity contribution is 0.0954. The Morgan fingerprint density at radius 2 is 1.95 bits per heavy atom. The number of hydrogen-bond acceptors (Lipinski definition) is 4. The molecule has 0 heterocycles. The number of anilines is 1. The van der Waals surface area contributed by atoms with Crippen molar-refractivity contribution in [2.75, 3.05) is 18.5 Å². The summed E-state index contributed by atoms with van der Waals surface area (Å²) in [6.45, 7) is 1.25. The molecule has 5 nitrogen and oxygen atoms in total. The van der Waals surface area contributed by atoms with Crippen LogP contribution in [0.15, 0.2) is 48.5 Å². The van der Waals surface area contributed by atoms with E-state index < -0.39 is 0 Å². The lowest BCUT2D eigenvalue weighted by atomic mass is 10.1. The predicted octanol–water partition coefficient (Wildman–Crippen LogP) is 2.82. The summed E-state index contributed by atoms with van der Waals surface area (Å²) in [7, 11) is 0. The molecule has 2 rings (SSSR count). The number of hydrazine groups is 1. The number of nitrogen functional groups attached to an aromatic ring is 1. The fraction of sp³-hybridized carbons (Fsp3) is 0.188. The Bertz CT molecular complexity index is 620. The van der Waals surface area contributed by atoms with Crippen molar-refractivity contribution in [3.63, 3.8) is 0 Å². The van der Waals surface area contributed by atoms with Crippen LogP contribution in [0.1, 0.15) is 16.8 Å². The van der Waals surface area contributed by atoms with Crippen LogP contribution in [0.3, 0.4) is 0 Å². The van der Waals surface area contributed by atoms with Gasteiger partial charge >= 0.3 is 0 Å². The Labute approximate surface area is 134 Å². The molecule has 4 N–H and O–H groups in total. The van der Waals surface area contributed by atoms with Gasteiger partial charge in [0.1, 0.15) is 5.75 Å². The third-order valence-electron chi connectivity index (χ3n) is 3.01. The van der Waals surface area contributed by atoms with Gasteiger partial charge in [-0.25, -0.2) is 5.84 Å². The van der Waals surface area contributed by atoms with Gasteiger partial charge in [0, 0.05) is 17.3 Å². The van der Waals surface area contributed by atoms with E-state index >= 15 is 0 Å². The van der Waals surface area contributed by atoms with E-state index in [0.717, 1.165) is 12.2 Å². The normalized spacial score (nSPS) is 10.1. The highest BCUT2D eigenvalue weighted by Gasteiger charge is 2.10. The van der Waals surface area contributed by atoms with Gasteiger partial charge in [-0.3, -0.25) is 10.2 Å². The van der Waals surface area contributed by atoms with Crippen LogP contribution in [0.25, 0.3) is 0 Å². The summed E-state index contributed by atoms with van der Waals surface area (Å²) >= 11 is 5.90. The first-order chi connectivity index (χ1) is 10.7. The number of hydrogen-bond donors (Lipinski definition) is 3. The number of halogens is 1. The second-order valence-electron chi connectivity index (χ2n) is 4.61. The Morgan fingerprint density at radius 3 is 2.68 bits per heavy atom. The molecule has 0 saturated heterocycles. The lowest BCUT2D eigenvalue weighted by Crippen LogP contribution is -2.30. The van der Waals surface area contributed by atoms with Crippen molar-refractivity contribution in [1.82, 2.24) is 5.43 Å². The first-order valence-electron chi connectivity index (χ1n) is 6.93. The van der Waals surface area contributed by atoms with Crippen LogP contribution in [0.4, 0.5) is 5.69 Å². The number of nitrogens with two attached hydrogens (primary N) is 1. The van der Waals surface area contributed by atoms with Crippen molar-refractivity contribution in [2.24, 2.45) is 5.84 Å². The summed E-state index contributed by atoms with van der Waals surface area (Å²) in [5, 5.41) is 3.67. The van der Waals surface area contributed by atoms with Crippen LogP contribution in [-0.4, -0.2) is 19.1 Å². The molecule has 0 saturated carbocycles. The minimum absolute atomic E-state index is 0.384. The Hall–Kier alpha value is -2.24. The number of nitrogens with one attached hydrogen (secondary N) is 2.